The smallest absolute Gasteiger partial charge is 0.282 e. The van der Waals surface area contributed by atoms with Crippen molar-refractivity contribution in [1.82, 2.24) is 13.5 Å². The Morgan fingerprint density at radius 2 is 1.52 bits per heavy atom. The van der Waals surface area contributed by atoms with Crippen LogP contribution >= 0.6 is 0 Å². The van der Waals surface area contributed by atoms with Crippen LogP contribution in [0.3, 0.4) is 0 Å². The summed E-state index contributed by atoms with van der Waals surface area (Å²) in [6.45, 7) is 7.09. The molecule has 2 aliphatic heterocycles. The minimum absolute atomic E-state index is 0.342. The van der Waals surface area contributed by atoms with Gasteiger partial charge in [-0.2, -0.15) is 17.0 Å². The summed E-state index contributed by atoms with van der Waals surface area (Å²) in [7, 11) is -3.35. The van der Waals surface area contributed by atoms with E-state index >= 15 is 0 Å². The quantitative estimate of drug-likeness (QED) is 0.754. The first-order valence-corrected chi connectivity index (χ1v) is 9.00. The van der Waals surface area contributed by atoms with Crippen LogP contribution in [0.5, 0.6) is 0 Å². The highest BCUT2D eigenvalue weighted by atomic mass is 32.2. The Morgan fingerprint density at radius 3 is 2.00 bits per heavy atom. The van der Waals surface area contributed by atoms with Gasteiger partial charge in [-0.15, -0.1) is 0 Å². The molecule has 8 heteroatoms. The van der Waals surface area contributed by atoms with Crippen molar-refractivity contribution in [2.75, 3.05) is 39.3 Å². The number of carbonyl (C=O) groups is 1. The Kier molecular flexibility index (Phi) is 5.24. The number of piperazine rings is 1. The molecule has 0 unspecified atom stereocenters. The minimum Gasteiger partial charge on any atom is -0.368 e. The standard InChI is InChI=1S/C13H26N4O3S/c1-11-3-5-16(6-4-11)21(19,20)17-9-7-15(8-10-17)12(2)13(14)18/h11-12H,3-10H2,1-2H3,(H2,14,18)/t12-/m0/s1. The summed E-state index contributed by atoms with van der Waals surface area (Å²) < 4.78 is 28.3. The minimum atomic E-state index is -3.35. The van der Waals surface area contributed by atoms with E-state index in [0.29, 0.717) is 45.2 Å². The average Bonchev–Trinajstić information content (AvgIpc) is 2.47. The molecule has 2 heterocycles. The summed E-state index contributed by atoms with van der Waals surface area (Å²) in [5.74, 6) is 0.237. The molecule has 0 aliphatic carbocycles. The molecule has 21 heavy (non-hydrogen) atoms. The topological polar surface area (TPSA) is 87.0 Å². The van der Waals surface area contributed by atoms with Gasteiger partial charge in [0, 0.05) is 39.3 Å². The number of nitrogens with two attached hydrogens (primary N) is 1. The normalized spacial score (nSPS) is 25.8. The molecule has 1 atom stereocenters. The van der Waals surface area contributed by atoms with Gasteiger partial charge in [0.2, 0.25) is 5.91 Å². The maximum Gasteiger partial charge on any atom is 0.282 e. The van der Waals surface area contributed by atoms with Crippen LogP contribution in [0, 0.1) is 5.92 Å². The van der Waals surface area contributed by atoms with Crippen molar-refractivity contribution in [3.05, 3.63) is 0 Å². The van der Waals surface area contributed by atoms with E-state index in [-0.39, 0.29) is 11.9 Å². The van der Waals surface area contributed by atoms with Crippen molar-refractivity contribution < 1.29 is 13.2 Å². The van der Waals surface area contributed by atoms with Gasteiger partial charge in [0.1, 0.15) is 0 Å². The number of rotatable bonds is 4. The lowest BCUT2D eigenvalue weighted by atomic mass is 10.0. The van der Waals surface area contributed by atoms with Crippen LogP contribution in [0.25, 0.3) is 0 Å². The van der Waals surface area contributed by atoms with E-state index in [9.17, 15) is 13.2 Å². The van der Waals surface area contributed by atoms with E-state index < -0.39 is 10.2 Å². The Bertz CT molecular complexity index is 466. The molecule has 2 saturated heterocycles. The van der Waals surface area contributed by atoms with Gasteiger partial charge < -0.3 is 5.73 Å². The van der Waals surface area contributed by atoms with Gasteiger partial charge in [0.25, 0.3) is 10.2 Å². The van der Waals surface area contributed by atoms with E-state index in [1.54, 1.807) is 11.2 Å². The summed E-state index contributed by atoms with van der Waals surface area (Å²) in [5.41, 5.74) is 5.30. The lowest BCUT2D eigenvalue weighted by molar-refractivity contribution is -0.123. The molecule has 7 nitrogen and oxygen atoms in total. The Labute approximate surface area is 127 Å². The highest BCUT2D eigenvalue weighted by molar-refractivity contribution is 7.86. The number of amides is 1. The van der Waals surface area contributed by atoms with E-state index in [1.807, 2.05) is 4.90 Å². The van der Waals surface area contributed by atoms with Crippen LogP contribution < -0.4 is 5.73 Å². The zero-order chi connectivity index (χ0) is 15.6. The van der Waals surface area contributed by atoms with Crippen LogP contribution in [0.4, 0.5) is 0 Å². The van der Waals surface area contributed by atoms with Gasteiger partial charge in [-0.3, -0.25) is 9.69 Å². The summed E-state index contributed by atoms with van der Waals surface area (Å²) in [4.78, 5) is 13.1. The molecule has 0 aromatic rings. The van der Waals surface area contributed by atoms with Gasteiger partial charge in [0.15, 0.2) is 0 Å². The third-order valence-corrected chi connectivity index (χ3v) is 6.66. The molecule has 0 aromatic heterocycles. The average molecular weight is 318 g/mol. The SMILES string of the molecule is CC1CCN(S(=O)(=O)N2CCN([C@@H](C)C(N)=O)CC2)CC1. The second-order valence-electron chi connectivity index (χ2n) is 6.10. The second-order valence-corrected chi connectivity index (χ2v) is 8.03. The first kappa shape index (κ1) is 16.7. The van der Waals surface area contributed by atoms with E-state index in [1.165, 1.54) is 4.31 Å². The largest absolute Gasteiger partial charge is 0.368 e. The van der Waals surface area contributed by atoms with Gasteiger partial charge in [0.05, 0.1) is 6.04 Å². The predicted molar refractivity (Wildman–Crippen MR) is 80.7 cm³/mol. The molecule has 0 saturated carbocycles. The zero-order valence-electron chi connectivity index (χ0n) is 12.9. The van der Waals surface area contributed by atoms with Crippen LogP contribution in [-0.2, 0) is 15.0 Å². The highest BCUT2D eigenvalue weighted by Gasteiger charge is 2.35. The molecule has 1 amide bonds. The second kappa shape index (κ2) is 6.60. The van der Waals surface area contributed by atoms with Crippen molar-refractivity contribution in [3.8, 4) is 0 Å². The fourth-order valence-corrected chi connectivity index (χ4v) is 4.50. The maximum atomic E-state index is 12.6. The monoisotopic (exact) mass is 318 g/mol. The van der Waals surface area contributed by atoms with Crippen LogP contribution in [0.2, 0.25) is 0 Å². The van der Waals surface area contributed by atoms with Crippen molar-refractivity contribution >= 4 is 16.1 Å². The molecule has 2 aliphatic rings. The van der Waals surface area contributed by atoms with E-state index in [2.05, 4.69) is 6.92 Å². The molecular weight excluding hydrogens is 292 g/mol. The molecule has 2 fully saturated rings. The first-order valence-electron chi connectivity index (χ1n) is 7.61. The van der Waals surface area contributed by atoms with Crippen LogP contribution in [0.1, 0.15) is 26.7 Å². The predicted octanol–water partition coefficient (Wildman–Crippen LogP) is -0.545. The molecule has 0 bridgehead atoms. The Hall–Kier alpha value is -0.700. The number of nitrogens with zero attached hydrogens (tertiary/aromatic N) is 3. The number of hydrogen-bond acceptors (Lipinski definition) is 4. The van der Waals surface area contributed by atoms with E-state index in [4.69, 9.17) is 5.73 Å². The Morgan fingerprint density at radius 1 is 1.05 bits per heavy atom. The zero-order valence-corrected chi connectivity index (χ0v) is 13.7. The van der Waals surface area contributed by atoms with Crippen molar-refractivity contribution in [2.45, 2.75) is 32.7 Å². The maximum absolute atomic E-state index is 12.6. The molecule has 122 valence electrons. The molecule has 0 radical (unpaired) electrons. The molecule has 2 rings (SSSR count). The van der Waals surface area contributed by atoms with Gasteiger partial charge in [-0.25, -0.2) is 0 Å². The lowest BCUT2D eigenvalue weighted by Gasteiger charge is -2.39. The number of piperidine rings is 1. The van der Waals surface area contributed by atoms with Gasteiger partial charge in [-0.1, -0.05) is 6.92 Å². The number of primary amides is 1. The fourth-order valence-electron chi connectivity index (χ4n) is 2.88. The summed E-state index contributed by atoms with van der Waals surface area (Å²) in [5, 5.41) is 0. The molecule has 0 spiro atoms. The Balaban J connectivity index is 1.93. The number of hydrogen-bond donors (Lipinski definition) is 1. The van der Waals surface area contributed by atoms with Crippen LogP contribution in [0.15, 0.2) is 0 Å². The van der Waals surface area contributed by atoms with E-state index in [0.717, 1.165) is 12.8 Å². The van der Waals surface area contributed by atoms with Crippen molar-refractivity contribution in [3.63, 3.8) is 0 Å². The summed E-state index contributed by atoms with van der Waals surface area (Å²) in [6, 6.07) is -0.342. The lowest BCUT2D eigenvalue weighted by Crippen LogP contribution is -2.57. The third-order valence-electron chi connectivity index (χ3n) is 4.63. The van der Waals surface area contributed by atoms with Crippen molar-refractivity contribution in [2.24, 2.45) is 11.7 Å². The first-order chi connectivity index (χ1) is 9.82. The molecule has 2 N–H and O–H groups in total. The fraction of sp³-hybridized carbons (Fsp3) is 0.923. The van der Waals surface area contributed by atoms with Gasteiger partial charge in [-0.05, 0) is 25.7 Å². The number of carbonyl (C=O) groups excluding carboxylic acids is 1. The van der Waals surface area contributed by atoms with Crippen molar-refractivity contribution in [1.29, 1.82) is 0 Å². The summed E-state index contributed by atoms with van der Waals surface area (Å²) >= 11 is 0. The molecule has 0 aromatic carbocycles. The van der Waals surface area contributed by atoms with Gasteiger partial charge >= 0.3 is 0 Å². The highest BCUT2D eigenvalue weighted by Crippen LogP contribution is 2.21. The third kappa shape index (κ3) is 3.74. The molecular formula is C13H26N4O3S. The van der Waals surface area contributed by atoms with Crippen LogP contribution in [-0.4, -0.2) is 73.1 Å². The summed E-state index contributed by atoms with van der Waals surface area (Å²) in [6.07, 6.45) is 1.86.